The molecule has 16 heavy (non-hydrogen) atoms. The highest BCUT2D eigenvalue weighted by molar-refractivity contribution is 5.82. The number of aryl methyl sites for hydroxylation is 1. The van der Waals surface area contributed by atoms with E-state index in [1.54, 1.807) is 32.9 Å². The second-order valence-corrected chi connectivity index (χ2v) is 4.33. The van der Waals surface area contributed by atoms with Crippen LogP contribution in [0.1, 0.15) is 31.9 Å². The standard InChI is InChI=1S/C13H17FO2/c1-5-16-12(15)13(3,4)10-8-9(2)6-7-11(10)14/h6-8H,5H2,1-4H3. The molecule has 2 nitrogen and oxygen atoms in total. The van der Waals surface area contributed by atoms with E-state index in [-0.39, 0.29) is 5.82 Å². The van der Waals surface area contributed by atoms with E-state index in [9.17, 15) is 9.18 Å². The second kappa shape index (κ2) is 4.64. The average molecular weight is 224 g/mol. The summed E-state index contributed by atoms with van der Waals surface area (Å²) in [5.41, 5.74) is 0.353. The van der Waals surface area contributed by atoms with Crippen molar-refractivity contribution in [3.05, 3.63) is 35.1 Å². The van der Waals surface area contributed by atoms with E-state index >= 15 is 0 Å². The molecule has 0 aliphatic rings. The lowest BCUT2D eigenvalue weighted by molar-refractivity contribution is -0.148. The third-order valence-electron chi connectivity index (χ3n) is 2.58. The highest BCUT2D eigenvalue weighted by atomic mass is 19.1. The van der Waals surface area contributed by atoms with Crippen LogP contribution in [0.3, 0.4) is 0 Å². The van der Waals surface area contributed by atoms with Crippen molar-refractivity contribution in [2.24, 2.45) is 0 Å². The summed E-state index contributed by atoms with van der Waals surface area (Å²) in [7, 11) is 0. The van der Waals surface area contributed by atoms with Crippen LogP contribution in [-0.2, 0) is 14.9 Å². The van der Waals surface area contributed by atoms with Crippen LogP contribution < -0.4 is 0 Å². The molecule has 0 saturated carbocycles. The third kappa shape index (κ3) is 2.40. The van der Waals surface area contributed by atoms with Gasteiger partial charge in [-0.25, -0.2) is 4.39 Å². The van der Waals surface area contributed by atoms with Gasteiger partial charge in [-0.1, -0.05) is 17.7 Å². The zero-order valence-electron chi connectivity index (χ0n) is 10.1. The number of ether oxygens (including phenoxy) is 1. The SMILES string of the molecule is CCOC(=O)C(C)(C)c1cc(C)ccc1F. The largest absolute Gasteiger partial charge is 0.465 e. The number of rotatable bonds is 3. The van der Waals surface area contributed by atoms with Crippen molar-refractivity contribution < 1.29 is 13.9 Å². The maximum Gasteiger partial charge on any atom is 0.316 e. The van der Waals surface area contributed by atoms with Gasteiger partial charge < -0.3 is 4.74 Å². The number of halogens is 1. The van der Waals surface area contributed by atoms with Crippen LogP contribution in [0.5, 0.6) is 0 Å². The van der Waals surface area contributed by atoms with Crippen molar-refractivity contribution in [2.45, 2.75) is 33.1 Å². The Kier molecular flexibility index (Phi) is 3.68. The Bertz CT molecular complexity index is 397. The van der Waals surface area contributed by atoms with E-state index in [0.717, 1.165) is 5.56 Å². The van der Waals surface area contributed by atoms with Crippen LogP contribution in [0.4, 0.5) is 4.39 Å². The fourth-order valence-electron chi connectivity index (χ4n) is 1.54. The van der Waals surface area contributed by atoms with Gasteiger partial charge in [0.1, 0.15) is 5.82 Å². The molecule has 3 heteroatoms. The van der Waals surface area contributed by atoms with E-state index in [1.807, 2.05) is 6.92 Å². The quantitative estimate of drug-likeness (QED) is 0.738. The first-order valence-corrected chi connectivity index (χ1v) is 5.33. The van der Waals surface area contributed by atoms with Gasteiger partial charge in [-0.05, 0) is 33.8 Å². The van der Waals surface area contributed by atoms with Gasteiger partial charge in [0.2, 0.25) is 0 Å². The molecule has 0 saturated heterocycles. The summed E-state index contributed by atoms with van der Waals surface area (Å²) in [5.74, 6) is -0.775. The predicted molar refractivity (Wildman–Crippen MR) is 60.8 cm³/mol. The van der Waals surface area contributed by atoms with E-state index < -0.39 is 11.4 Å². The number of carbonyl (C=O) groups excluding carboxylic acids is 1. The number of esters is 1. The molecule has 0 unspecified atom stereocenters. The smallest absolute Gasteiger partial charge is 0.316 e. The van der Waals surface area contributed by atoms with Crippen molar-refractivity contribution >= 4 is 5.97 Å². The molecule has 0 aliphatic carbocycles. The zero-order chi connectivity index (χ0) is 12.3. The third-order valence-corrected chi connectivity index (χ3v) is 2.58. The summed E-state index contributed by atoms with van der Waals surface area (Å²) in [4.78, 5) is 11.7. The summed E-state index contributed by atoms with van der Waals surface area (Å²) in [6, 6.07) is 4.75. The van der Waals surface area contributed by atoms with Crippen LogP contribution in [0.25, 0.3) is 0 Å². The van der Waals surface area contributed by atoms with Crippen molar-refractivity contribution in [3.63, 3.8) is 0 Å². The van der Waals surface area contributed by atoms with Gasteiger partial charge >= 0.3 is 5.97 Å². The van der Waals surface area contributed by atoms with E-state index in [0.29, 0.717) is 12.2 Å². The minimum atomic E-state index is -0.952. The first kappa shape index (κ1) is 12.7. The zero-order valence-corrected chi connectivity index (χ0v) is 10.1. The maximum atomic E-state index is 13.7. The summed E-state index contributed by atoms with van der Waals surface area (Å²) >= 11 is 0. The summed E-state index contributed by atoms with van der Waals surface area (Å²) in [5, 5.41) is 0. The molecule has 1 aromatic carbocycles. The Morgan fingerprint density at radius 2 is 2.06 bits per heavy atom. The molecule has 88 valence electrons. The molecule has 0 radical (unpaired) electrons. The molecule has 0 amide bonds. The van der Waals surface area contributed by atoms with Gasteiger partial charge in [0.05, 0.1) is 12.0 Å². The number of hydrogen-bond donors (Lipinski definition) is 0. The molecule has 0 atom stereocenters. The Morgan fingerprint density at radius 3 is 2.62 bits per heavy atom. The van der Waals surface area contributed by atoms with Gasteiger partial charge in [0, 0.05) is 5.56 Å². The van der Waals surface area contributed by atoms with Crippen molar-refractivity contribution in [3.8, 4) is 0 Å². The first-order chi connectivity index (χ1) is 7.39. The van der Waals surface area contributed by atoms with Crippen LogP contribution >= 0.6 is 0 Å². The van der Waals surface area contributed by atoms with E-state index in [2.05, 4.69) is 0 Å². The number of hydrogen-bond acceptors (Lipinski definition) is 2. The van der Waals surface area contributed by atoms with Crippen molar-refractivity contribution in [1.29, 1.82) is 0 Å². The Labute approximate surface area is 95.4 Å². The van der Waals surface area contributed by atoms with Crippen LogP contribution in [0.2, 0.25) is 0 Å². The monoisotopic (exact) mass is 224 g/mol. The van der Waals surface area contributed by atoms with Crippen LogP contribution in [-0.4, -0.2) is 12.6 Å². The fourth-order valence-corrected chi connectivity index (χ4v) is 1.54. The van der Waals surface area contributed by atoms with Gasteiger partial charge in [0.15, 0.2) is 0 Å². The molecule has 0 aromatic heterocycles. The normalized spacial score (nSPS) is 11.3. The maximum absolute atomic E-state index is 13.7. The Hall–Kier alpha value is -1.38. The molecule has 0 spiro atoms. The highest BCUT2D eigenvalue weighted by Gasteiger charge is 2.33. The van der Waals surface area contributed by atoms with Crippen LogP contribution in [0.15, 0.2) is 18.2 Å². The molecule has 0 bridgehead atoms. The summed E-state index contributed by atoms with van der Waals surface area (Å²) in [6.07, 6.45) is 0. The minimum absolute atomic E-state index is 0.301. The summed E-state index contributed by atoms with van der Waals surface area (Å²) in [6.45, 7) is 7.24. The van der Waals surface area contributed by atoms with Crippen molar-refractivity contribution in [2.75, 3.05) is 6.61 Å². The summed E-state index contributed by atoms with van der Waals surface area (Å²) < 4.78 is 18.6. The van der Waals surface area contributed by atoms with Crippen molar-refractivity contribution in [1.82, 2.24) is 0 Å². The molecule has 0 aliphatic heterocycles. The molecule has 0 heterocycles. The van der Waals surface area contributed by atoms with Crippen LogP contribution in [0, 0.1) is 12.7 Å². The lowest BCUT2D eigenvalue weighted by Crippen LogP contribution is -2.32. The number of carbonyl (C=O) groups is 1. The van der Waals surface area contributed by atoms with Gasteiger partial charge in [-0.15, -0.1) is 0 Å². The Morgan fingerprint density at radius 1 is 1.44 bits per heavy atom. The topological polar surface area (TPSA) is 26.3 Å². The average Bonchev–Trinajstić information content (AvgIpc) is 2.22. The molecule has 0 N–H and O–H groups in total. The van der Waals surface area contributed by atoms with Gasteiger partial charge in [0.25, 0.3) is 0 Å². The first-order valence-electron chi connectivity index (χ1n) is 5.33. The van der Waals surface area contributed by atoms with Gasteiger partial charge in [-0.3, -0.25) is 4.79 Å². The fraction of sp³-hybridized carbons (Fsp3) is 0.462. The molecular weight excluding hydrogens is 207 g/mol. The second-order valence-electron chi connectivity index (χ2n) is 4.33. The van der Waals surface area contributed by atoms with E-state index in [4.69, 9.17) is 4.74 Å². The predicted octanol–water partition coefficient (Wildman–Crippen LogP) is 2.97. The van der Waals surface area contributed by atoms with Gasteiger partial charge in [-0.2, -0.15) is 0 Å². The highest BCUT2D eigenvalue weighted by Crippen LogP contribution is 2.28. The van der Waals surface area contributed by atoms with E-state index in [1.165, 1.54) is 6.07 Å². The lowest BCUT2D eigenvalue weighted by Gasteiger charge is -2.23. The molecule has 0 fully saturated rings. The molecular formula is C13H17FO2. The Balaban J connectivity index is 3.15. The minimum Gasteiger partial charge on any atom is -0.465 e. The molecule has 1 aromatic rings. The lowest BCUT2D eigenvalue weighted by atomic mass is 9.83. The molecule has 1 rings (SSSR count). The number of benzene rings is 1.